The minimum absolute atomic E-state index is 0.219. The van der Waals surface area contributed by atoms with Crippen molar-refractivity contribution in [3.05, 3.63) is 29.8 Å². The van der Waals surface area contributed by atoms with Gasteiger partial charge in [0.1, 0.15) is 5.75 Å². The van der Waals surface area contributed by atoms with E-state index in [1.807, 2.05) is 24.3 Å². The molecule has 0 aliphatic carbocycles. The van der Waals surface area contributed by atoms with Gasteiger partial charge in [-0.2, -0.15) is 0 Å². The Balaban J connectivity index is 1.87. The molecule has 0 bridgehead atoms. The SMILES string of the molecule is COc1cccc(CNC(=O)N2CCCC(C(=O)O)C2)c1. The van der Waals surface area contributed by atoms with Crippen LogP contribution in [0.25, 0.3) is 0 Å². The van der Waals surface area contributed by atoms with Gasteiger partial charge in [-0.3, -0.25) is 4.79 Å². The van der Waals surface area contributed by atoms with Crippen molar-refractivity contribution in [3.8, 4) is 5.75 Å². The topological polar surface area (TPSA) is 78.9 Å². The number of likely N-dealkylation sites (tertiary alicyclic amines) is 1. The van der Waals surface area contributed by atoms with E-state index in [1.165, 1.54) is 0 Å². The minimum atomic E-state index is -0.833. The predicted molar refractivity (Wildman–Crippen MR) is 77.2 cm³/mol. The predicted octanol–water partition coefficient (Wildman–Crippen LogP) is 1.70. The lowest BCUT2D eigenvalue weighted by Crippen LogP contribution is -2.46. The van der Waals surface area contributed by atoms with Crippen LogP contribution in [-0.2, 0) is 11.3 Å². The smallest absolute Gasteiger partial charge is 0.317 e. The first-order valence-electron chi connectivity index (χ1n) is 6.98. The van der Waals surface area contributed by atoms with E-state index in [-0.39, 0.29) is 12.6 Å². The molecule has 2 amide bonds. The normalized spacial score (nSPS) is 18.1. The van der Waals surface area contributed by atoms with Crippen molar-refractivity contribution in [2.75, 3.05) is 20.2 Å². The summed E-state index contributed by atoms with van der Waals surface area (Å²) in [5.74, 6) is -0.549. The van der Waals surface area contributed by atoms with E-state index in [9.17, 15) is 9.59 Å². The van der Waals surface area contributed by atoms with Crippen molar-refractivity contribution in [2.45, 2.75) is 19.4 Å². The monoisotopic (exact) mass is 292 g/mol. The maximum absolute atomic E-state index is 12.1. The van der Waals surface area contributed by atoms with E-state index in [0.717, 1.165) is 17.7 Å². The van der Waals surface area contributed by atoms with Crippen LogP contribution >= 0.6 is 0 Å². The van der Waals surface area contributed by atoms with Crippen molar-refractivity contribution in [1.82, 2.24) is 10.2 Å². The summed E-state index contributed by atoms with van der Waals surface area (Å²) >= 11 is 0. The molecule has 1 fully saturated rings. The summed E-state index contributed by atoms with van der Waals surface area (Å²) in [5, 5.41) is 11.8. The number of rotatable bonds is 4. The van der Waals surface area contributed by atoms with E-state index in [2.05, 4.69) is 5.32 Å². The molecule has 2 rings (SSSR count). The summed E-state index contributed by atoms with van der Waals surface area (Å²) in [6.45, 7) is 1.28. The Morgan fingerprint density at radius 3 is 3.00 bits per heavy atom. The molecule has 1 aliphatic rings. The van der Waals surface area contributed by atoms with Gasteiger partial charge in [-0.15, -0.1) is 0 Å². The maximum atomic E-state index is 12.1. The van der Waals surface area contributed by atoms with Gasteiger partial charge in [0.2, 0.25) is 0 Å². The third-order valence-corrected chi connectivity index (χ3v) is 3.64. The number of ether oxygens (including phenoxy) is 1. The van der Waals surface area contributed by atoms with Gasteiger partial charge in [0.25, 0.3) is 0 Å². The highest BCUT2D eigenvalue weighted by Gasteiger charge is 2.27. The van der Waals surface area contributed by atoms with Crippen LogP contribution in [0.1, 0.15) is 18.4 Å². The molecule has 0 spiro atoms. The van der Waals surface area contributed by atoms with E-state index in [1.54, 1.807) is 12.0 Å². The zero-order chi connectivity index (χ0) is 15.2. The minimum Gasteiger partial charge on any atom is -0.497 e. The van der Waals surface area contributed by atoms with Crippen LogP contribution in [0.4, 0.5) is 4.79 Å². The summed E-state index contributed by atoms with van der Waals surface area (Å²) in [7, 11) is 1.59. The molecule has 1 heterocycles. The first kappa shape index (κ1) is 15.2. The zero-order valence-corrected chi connectivity index (χ0v) is 12.0. The Morgan fingerprint density at radius 1 is 1.48 bits per heavy atom. The van der Waals surface area contributed by atoms with Gasteiger partial charge in [-0.1, -0.05) is 12.1 Å². The second kappa shape index (κ2) is 6.97. The lowest BCUT2D eigenvalue weighted by atomic mass is 9.99. The van der Waals surface area contributed by atoms with Crippen LogP contribution in [0.15, 0.2) is 24.3 Å². The third kappa shape index (κ3) is 4.11. The van der Waals surface area contributed by atoms with Crippen LogP contribution in [0.5, 0.6) is 5.75 Å². The maximum Gasteiger partial charge on any atom is 0.317 e. The number of carbonyl (C=O) groups excluding carboxylic acids is 1. The molecule has 0 radical (unpaired) electrons. The highest BCUT2D eigenvalue weighted by molar-refractivity contribution is 5.76. The van der Waals surface area contributed by atoms with Crippen LogP contribution in [0, 0.1) is 5.92 Å². The quantitative estimate of drug-likeness (QED) is 0.885. The number of carbonyl (C=O) groups is 2. The molecule has 6 nitrogen and oxygen atoms in total. The number of hydrogen-bond donors (Lipinski definition) is 2. The van der Waals surface area contributed by atoms with Crippen LogP contribution < -0.4 is 10.1 Å². The van der Waals surface area contributed by atoms with E-state index in [0.29, 0.717) is 19.5 Å². The van der Waals surface area contributed by atoms with Crippen LogP contribution in [0.3, 0.4) is 0 Å². The highest BCUT2D eigenvalue weighted by Crippen LogP contribution is 2.17. The van der Waals surface area contributed by atoms with Gasteiger partial charge in [0, 0.05) is 19.6 Å². The first-order valence-corrected chi connectivity index (χ1v) is 6.98. The van der Waals surface area contributed by atoms with Crippen LogP contribution in [0.2, 0.25) is 0 Å². The number of amides is 2. The van der Waals surface area contributed by atoms with E-state index >= 15 is 0 Å². The lowest BCUT2D eigenvalue weighted by molar-refractivity contribution is -0.143. The van der Waals surface area contributed by atoms with Crippen molar-refractivity contribution in [2.24, 2.45) is 5.92 Å². The average Bonchev–Trinajstić information content (AvgIpc) is 2.53. The number of nitrogens with one attached hydrogen (secondary N) is 1. The number of urea groups is 1. The Bertz CT molecular complexity index is 518. The zero-order valence-electron chi connectivity index (χ0n) is 12.0. The molecule has 21 heavy (non-hydrogen) atoms. The van der Waals surface area contributed by atoms with Gasteiger partial charge in [0.05, 0.1) is 13.0 Å². The van der Waals surface area contributed by atoms with Gasteiger partial charge in [-0.05, 0) is 30.5 Å². The van der Waals surface area contributed by atoms with Crippen molar-refractivity contribution in [3.63, 3.8) is 0 Å². The first-order chi connectivity index (χ1) is 10.1. The summed E-state index contributed by atoms with van der Waals surface area (Å²) in [6.07, 6.45) is 1.36. The summed E-state index contributed by atoms with van der Waals surface area (Å²) in [5.41, 5.74) is 0.939. The summed E-state index contributed by atoms with van der Waals surface area (Å²) in [6, 6.07) is 7.24. The number of carboxylic acid groups (broad SMARTS) is 1. The molecule has 0 aromatic heterocycles. The van der Waals surface area contributed by atoms with Gasteiger partial charge < -0.3 is 20.1 Å². The van der Waals surface area contributed by atoms with Crippen molar-refractivity contribution < 1.29 is 19.4 Å². The summed E-state index contributed by atoms with van der Waals surface area (Å²) < 4.78 is 5.13. The number of hydrogen-bond acceptors (Lipinski definition) is 3. The molecule has 1 atom stereocenters. The van der Waals surface area contributed by atoms with Gasteiger partial charge >= 0.3 is 12.0 Å². The molecule has 1 saturated heterocycles. The number of aliphatic carboxylic acids is 1. The Kier molecular flexibility index (Phi) is 5.03. The van der Waals surface area contributed by atoms with Crippen LogP contribution in [-0.4, -0.2) is 42.2 Å². The van der Waals surface area contributed by atoms with E-state index in [4.69, 9.17) is 9.84 Å². The molecule has 1 unspecified atom stereocenters. The molecule has 2 N–H and O–H groups in total. The Labute approximate surface area is 123 Å². The molecule has 114 valence electrons. The number of methoxy groups -OCH3 is 1. The van der Waals surface area contributed by atoms with E-state index < -0.39 is 11.9 Å². The third-order valence-electron chi connectivity index (χ3n) is 3.64. The molecule has 1 aromatic rings. The van der Waals surface area contributed by atoms with Gasteiger partial charge in [-0.25, -0.2) is 4.79 Å². The fraction of sp³-hybridized carbons (Fsp3) is 0.467. The highest BCUT2D eigenvalue weighted by atomic mass is 16.5. The number of carboxylic acids is 1. The standard InChI is InChI=1S/C15H20N2O4/c1-21-13-6-2-4-11(8-13)9-16-15(20)17-7-3-5-12(10-17)14(18)19/h2,4,6,8,12H,3,5,7,9-10H2,1H3,(H,16,20)(H,18,19). The Morgan fingerprint density at radius 2 is 2.29 bits per heavy atom. The second-order valence-corrected chi connectivity index (χ2v) is 5.13. The molecule has 1 aliphatic heterocycles. The number of benzene rings is 1. The molecule has 1 aromatic carbocycles. The summed E-state index contributed by atoms with van der Waals surface area (Å²) in [4.78, 5) is 24.7. The average molecular weight is 292 g/mol. The molecule has 0 saturated carbocycles. The van der Waals surface area contributed by atoms with Crippen molar-refractivity contribution >= 4 is 12.0 Å². The molecular formula is C15H20N2O4. The second-order valence-electron chi connectivity index (χ2n) is 5.13. The molecule has 6 heteroatoms. The Hall–Kier alpha value is -2.24. The fourth-order valence-electron chi connectivity index (χ4n) is 2.44. The van der Waals surface area contributed by atoms with Gasteiger partial charge in [0.15, 0.2) is 0 Å². The number of piperidine rings is 1. The number of nitrogens with zero attached hydrogens (tertiary/aromatic N) is 1. The fourth-order valence-corrected chi connectivity index (χ4v) is 2.44. The lowest BCUT2D eigenvalue weighted by Gasteiger charge is -2.30. The molecular weight excluding hydrogens is 272 g/mol. The van der Waals surface area contributed by atoms with Crippen molar-refractivity contribution in [1.29, 1.82) is 0 Å². The largest absolute Gasteiger partial charge is 0.497 e.